The Hall–Kier alpha value is -2.69. The molecule has 0 aliphatic carbocycles. The number of hydrogen-bond acceptors (Lipinski definition) is 4. The summed E-state index contributed by atoms with van der Waals surface area (Å²) in [5, 5.41) is 29.7. The average Bonchev–Trinajstić information content (AvgIpc) is 2.92. The van der Waals surface area contributed by atoms with Crippen LogP contribution in [0, 0.1) is 5.41 Å². The lowest BCUT2D eigenvalue weighted by atomic mass is 9.66. The molecule has 0 fully saturated rings. The maximum atomic E-state index is 12.0. The molecule has 2 aromatic carbocycles. The van der Waals surface area contributed by atoms with Crippen molar-refractivity contribution >= 4 is 5.97 Å². The highest BCUT2D eigenvalue weighted by atomic mass is 16.5. The molecule has 39 heavy (non-hydrogen) atoms. The zero-order chi connectivity index (χ0) is 28.3. The first-order valence-electron chi connectivity index (χ1n) is 15.2. The van der Waals surface area contributed by atoms with Crippen molar-refractivity contribution in [2.45, 2.75) is 122 Å². The standard InChI is InChI=1S/C34H50O5/c1-4-6-13-22-34(5-2,32(37)38)23-14-11-9-7-8-10-12-15-30-29-21-20-28(36)24-31(29)39-25-33(30,3)26-16-18-27(35)19-17-26/h16-21,24,30,35-36H,4-15,22-23,25H2,1-3H3,(H,37,38)/t30-,33-,34?/m1/s1. The summed E-state index contributed by atoms with van der Waals surface area (Å²) in [6, 6.07) is 13.0. The van der Waals surface area contributed by atoms with Crippen LogP contribution in [-0.4, -0.2) is 27.9 Å². The third-order valence-corrected chi connectivity index (χ3v) is 9.23. The molecule has 3 rings (SSSR count). The molecule has 0 aromatic heterocycles. The normalized spacial score (nSPS) is 20.1. The fourth-order valence-corrected chi connectivity index (χ4v) is 6.46. The number of aromatic hydroxyl groups is 2. The van der Waals surface area contributed by atoms with Crippen molar-refractivity contribution in [3.05, 3.63) is 53.6 Å². The van der Waals surface area contributed by atoms with Gasteiger partial charge in [-0.1, -0.05) is 103 Å². The number of carbonyl (C=O) groups is 1. The molecule has 5 heteroatoms. The number of carboxylic acids is 1. The maximum absolute atomic E-state index is 12.0. The predicted octanol–water partition coefficient (Wildman–Crippen LogP) is 9.10. The number of phenols is 2. The van der Waals surface area contributed by atoms with Crippen molar-refractivity contribution < 1.29 is 24.9 Å². The van der Waals surface area contributed by atoms with Gasteiger partial charge in [0.1, 0.15) is 17.2 Å². The van der Waals surface area contributed by atoms with Crippen molar-refractivity contribution in [1.82, 2.24) is 0 Å². The lowest BCUT2D eigenvalue weighted by molar-refractivity contribution is -0.150. The fraction of sp³-hybridized carbons (Fsp3) is 0.618. The lowest BCUT2D eigenvalue weighted by Crippen LogP contribution is -2.40. The predicted molar refractivity (Wildman–Crippen MR) is 158 cm³/mol. The Morgan fingerprint density at radius 1 is 0.872 bits per heavy atom. The molecule has 216 valence electrons. The highest BCUT2D eigenvalue weighted by molar-refractivity contribution is 5.74. The molecule has 1 aliphatic heterocycles. The van der Waals surface area contributed by atoms with E-state index < -0.39 is 11.4 Å². The van der Waals surface area contributed by atoms with Crippen LogP contribution in [0.2, 0.25) is 0 Å². The van der Waals surface area contributed by atoms with Crippen molar-refractivity contribution in [3.63, 3.8) is 0 Å². The number of phenolic OH excluding ortho intramolecular Hbond substituents is 2. The van der Waals surface area contributed by atoms with Gasteiger partial charge in [0.15, 0.2) is 0 Å². The molecule has 3 atom stereocenters. The minimum Gasteiger partial charge on any atom is -0.508 e. The molecule has 5 nitrogen and oxygen atoms in total. The highest BCUT2D eigenvalue weighted by Gasteiger charge is 2.42. The van der Waals surface area contributed by atoms with E-state index in [1.54, 1.807) is 24.3 Å². The van der Waals surface area contributed by atoms with Gasteiger partial charge < -0.3 is 20.1 Å². The summed E-state index contributed by atoms with van der Waals surface area (Å²) in [5.74, 6) is 0.917. The Kier molecular flexibility index (Phi) is 11.6. The van der Waals surface area contributed by atoms with Crippen molar-refractivity contribution in [2.24, 2.45) is 5.41 Å². The summed E-state index contributed by atoms with van der Waals surface area (Å²) >= 11 is 0. The van der Waals surface area contributed by atoms with Gasteiger partial charge in [0.2, 0.25) is 0 Å². The van der Waals surface area contributed by atoms with E-state index in [4.69, 9.17) is 4.74 Å². The summed E-state index contributed by atoms with van der Waals surface area (Å²) in [5.41, 5.74) is 1.55. The summed E-state index contributed by atoms with van der Waals surface area (Å²) in [6.07, 6.45) is 14.6. The molecule has 2 aromatic rings. The fourth-order valence-electron chi connectivity index (χ4n) is 6.46. The van der Waals surface area contributed by atoms with Gasteiger partial charge in [-0.05, 0) is 55.0 Å². The number of carboxylic acid groups (broad SMARTS) is 1. The minimum absolute atomic E-state index is 0.218. The van der Waals surface area contributed by atoms with Crippen molar-refractivity contribution in [1.29, 1.82) is 0 Å². The van der Waals surface area contributed by atoms with Crippen LogP contribution in [0.1, 0.15) is 128 Å². The van der Waals surface area contributed by atoms with Gasteiger partial charge in [0.25, 0.3) is 0 Å². The Labute approximate surface area is 235 Å². The van der Waals surface area contributed by atoms with Crippen LogP contribution in [0.5, 0.6) is 17.2 Å². The molecule has 1 unspecified atom stereocenters. The quantitative estimate of drug-likeness (QED) is 0.175. The summed E-state index contributed by atoms with van der Waals surface area (Å²) in [6.45, 7) is 6.98. The van der Waals surface area contributed by atoms with Gasteiger partial charge >= 0.3 is 5.97 Å². The first-order valence-corrected chi connectivity index (χ1v) is 15.2. The summed E-state index contributed by atoms with van der Waals surface area (Å²) < 4.78 is 6.13. The Morgan fingerprint density at radius 3 is 2.08 bits per heavy atom. The third kappa shape index (κ3) is 7.93. The van der Waals surface area contributed by atoms with Gasteiger partial charge in [0, 0.05) is 17.4 Å². The van der Waals surface area contributed by atoms with Gasteiger partial charge in [-0.15, -0.1) is 0 Å². The second-order valence-corrected chi connectivity index (χ2v) is 11.9. The van der Waals surface area contributed by atoms with Crippen LogP contribution < -0.4 is 4.74 Å². The molecule has 3 N–H and O–H groups in total. The SMILES string of the molecule is CCCCCC(CC)(CCCCCCCCC[C@@H]1c2ccc(O)cc2OC[C@]1(C)c1ccc(O)cc1)C(=O)O. The smallest absolute Gasteiger partial charge is 0.309 e. The average molecular weight is 539 g/mol. The van der Waals surface area contributed by atoms with Crippen molar-refractivity contribution in [2.75, 3.05) is 6.61 Å². The van der Waals surface area contributed by atoms with E-state index in [1.807, 2.05) is 25.1 Å². The second kappa shape index (κ2) is 14.6. The number of rotatable bonds is 17. The number of ether oxygens (including phenoxy) is 1. The minimum atomic E-state index is -0.606. The molecule has 1 aliphatic rings. The first kappa shape index (κ1) is 30.8. The largest absolute Gasteiger partial charge is 0.508 e. The van der Waals surface area contributed by atoms with E-state index >= 15 is 0 Å². The van der Waals surface area contributed by atoms with Gasteiger partial charge in [0.05, 0.1) is 12.0 Å². The molecular formula is C34H50O5. The molecule has 0 amide bonds. The number of fused-ring (bicyclic) bond motifs is 1. The summed E-state index contributed by atoms with van der Waals surface area (Å²) in [7, 11) is 0. The number of hydrogen-bond donors (Lipinski definition) is 3. The third-order valence-electron chi connectivity index (χ3n) is 9.23. The Morgan fingerprint density at radius 2 is 1.46 bits per heavy atom. The van der Waals surface area contributed by atoms with E-state index in [-0.39, 0.29) is 22.8 Å². The zero-order valence-electron chi connectivity index (χ0n) is 24.4. The number of unbranched alkanes of at least 4 members (excludes halogenated alkanes) is 8. The Balaban J connectivity index is 1.48. The monoisotopic (exact) mass is 538 g/mol. The van der Waals surface area contributed by atoms with E-state index in [0.29, 0.717) is 6.61 Å². The van der Waals surface area contributed by atoms with Crippen LogP contribution in [0.25, 0.3) is 0 Å². The summed E-state index contributed by atoms with van der Waals surface area (Å²) in [4.78, 5) is 12.0. The van der Waals surface area contributed by atoms with Gasteiger partial charge in [-0.25, -0.2) is 0 Å². The molecule has 0 radical (unpaired) electrons. The van der Waals surface area contributed by atoms with E-state index in [1.165, 1.54) is 25.7 Å². The molecule has 0 saturated carbocycles. The van der Waals surface area contributed by atoms with E-state index in [9.17, 15) is 20.1 Å². The Bertz CT molecular complexity index is 1030. The van der Waals surface area contributed by atoms with Crippen LogP contribution >= 0.6 is 0 Å². The van der Waals surface area contributed by atoms with Crippen LogP contribution in [0.3, 0.4) is 0 Å². The molecule has 1 heterocycles. The van der Waals surface area contributed by atoms with Crippen LogP contribution in [-0.2, 0) is 10.2 Å². The van der Waals surface area contributed by atoms with Gasteiger partial charge in [-0.2, -0.15) is 0 Å². The van der Waals surface area contributed by atoms with Crippen molar-refractivity contribution in [3.8, 4) is 17.2 Å². The molecule has 0 bridgehead atoms. The maximum Gasteiger partial charge on any atom is 0.309 e. The van der Waals surface area contributed by atoms with E-state index in [0.717, 1.165) is 81.1 Å². The van der Waals surface area contributed by atoms with E-state index in [2.05, 4.69) is 13.8 Å². The van der Waals surface area contributed by atoms with Crippen LogP contribution in [0.4, 0.5) is 0 Å². The zero-order valence-corrected chi connectivity index (χ0v) is 24.4. The topological polar surface area (TPSA) is 87.0 Å². The van der Waals surface area contributed by atoms with Gasteiger partial charge in [-0.3, -0.25) is 4.79 Å². The molecular weight excluding hydrogens is 488 g/mol. The molecule has 0 saturated heterocycles. The number of aliphatic carboxylic acids is 1. The number of benzene rings is 2. The molecule has 0 spiro atoms. The first-order chi connectivity index (χ1) is 18.8. The highest BCUT2D eigenvalue weighted by Crippen LogP contribution is 2.49. The second-order valence-electron chi connectivity index (χ2n) is 11.9. The lowest BCUT2D eigenvalue weighted by Gasteiger charge is -2.43. The van der Waals surface area contributed by atoms with Crippen LogP contribution in [0.15, 0.2) is 42.5 Å².